The fourth-order valence-electron chi connectivity index (χ4n) is 2.06. The predicted octanol–water partition coefficient (Wildman–Crippen LogP) is -0.456. The van der Waals surface area contributed by atoms with Gasteiger partial charge in [0.2, 0.25) is 5.91 Å². The summed E-state index contributed by atoms with van der Waals surface area (Å²) >= 11 is 0. The van der Waals surface area contributed by atoms with E-state index in [4.69, 9.17) is 10.9 Å². The molecule has 1 fully saturated rings. The average molecular weight is 263 g/mol. The number of carbonyl (C=O) groups is 1. The summed E-state index contributed by atoms with van der Waals surface area (Å²) in [5.74, 6) is -0.0222. The summed E-state index contributed by atoms with van der Waals surface area (Å²) in [7, 11) is 0. The number of aromatic nitrogens is 1. The fraction of sp³-hybridized carbons (Fsp3) is 0.417. The van der Waals surface area contributed by atoms with Crippen LogP contribution in [-0.4, -0.2) is 34.5 Å². The number of pyridine rings is 1. The third-order valence-electron chi connectivity index (χ3n) is 3.07. The molecule has 1 atom stereocenters. The van der Waals surface area contributed by atoms with Crippen LogP contribution in [0.25, 0.3) is 0 Å². The number of piperidine rings is 1. The molecular weight excluding hydrogens is 246 g/mol. The summed E-state index contributed by atoms with van der Waals surface area (Å²) in [5.41, 5.74) is 6.77. The quantitative estimate of drug-likeness (QED) is 0.254. The van der Waals surface area contributed by atoms with E-state index in [1.165, 1.54) is 0 Å². The van der Waals surface area contributed by atoms with Crippen molar-refractivity contribution >= 4 is 11.7 Å². The summed E-state index contributed by atoms with van der Waals surface area (Å²) in [5, 5.41) is 17.6. The van der Waals surface area contributed by atoms with E-state index in [9.17, 15) is 4.79 Å². The number of nitrogens with two attached hydrogens (primary N) is 1. The van der Waals surface area contributed by atoms with E-state index in [1.54, 1.807) is 12.3 Å². The van der Waals surface area contributed by atoms with E-state index in [-0.39, 0.29) is 17.8 Å². The van der Waals surface area contributed by atoms with Crippen LogP contribution >= 0.6 is 0 Å². The maximum absolute atomic E-state index is 11.6. The Kier molecular flexibility index (Phi) is 4.30. The van der Waals surface area contributed by atoms with Crippen molar-refractivity contribution in [3.05, 3.63) is 29.6 Å². The van der Waals surface area contributed by atoms with Crippen molar-refractivity contribution in [3.63, 3.8) is 0 Å². The van der Waals surface area contributed by atoms with Gasteiger partial charge in [-0.15, -0.1) is 0 Å². The second-order valence-corrected chi connectivity index (χ2v) is 4.36. The second-order valence-electron chi connectivity index (χ2n) is 4.36. The van der Waals surface area contributed by atoms with E-state index in [1.807, 2.05) is 6.07 Å². The molecule has 102 valence electrons. The van der Waals surface area contributed by atoms with Crippen molar-refractivity contribution in [2.45, 2.75) is 25.4 Å². The Morgan fingerprint density at radius 3 is 3.26 bits per heavy atom. The zero-order valence-electron chi connectivity index (χ0n) is 10.5. The molecule has 0 bridgehead atoms. The minimum atomic E-state index is -0.200. The zero-order valence-corrected chi connectivity index (χ0v) is 10.5. The van der Waals surface area contributed by atoms with Crippen LogP contribution in [0.3, 0.4) is 0 Å². The molecule has 0 aromatic carbocycles. The molecule has 1 amide bonds. The molecule has 5 N–H and O–H groups in total. The lowest BCUT2D eigenvalue weighted by Gasteiger charge is -2.23. The highest BCUT2D eigenvalue weighted by molar-refractivity contribution is 5.96. The van der Waals surface area contributed by atoms with Crippen molar-refractivity contribution in [3.8, 4) is 0 Å². The van der Waals surface area contributed by atoms with Gasteiger partial charge < -0.3 is 21.6 Å². The molecule has 0 aliphatic carbocycles. The first kappa shape index (κ1) is 13.3. The molecule has 19 heavy (non-hydrogen) atoms. The zero-order chi connectivity index (χ0) is 13.7. The van der Waals surface area contributed by atoms with Gasteiger partial charge in [-0.25, -0.2) is 0 Å². The molecule has 1 aliphatic heterocycles. The van der Waals surface area contributed by atoms with Gasteiger partial charge in [0.05, 0.1) is 6.04 Å². The third kappa shape index (κ3) is 3.19. The molecule has 1 unspecified atom stereocenters. The minimum Gasteiger partial charge on any atom is -0.409 e. The average Bonchev–Trinajstić information content (AvgIpc) is 2.46. The van der Waals surface area contributed by atoms with Crippen molar-refractivity contribution in [2.24, 2.45) is 10.9 Å². The highest BCUT2D eigenvalue weighted by atomic mass is 16.4. The monoisotopic (exact) mass is 263 g/mol. The molecule has 7 heteroatoms. The first-order valence-corrected chi connectivity index (χ1v) is 6.15. The highest BCUT2D eigenvalue weighted by Crippen LogP contribution is 2.08. The third-order valence-corrected chi connectivity index (χ3v) is 3.07. The van der Waals surface area contributed by atoms with Gasteiger partial charge in [-0.3, -0.25) is 9.78 Å². The largest absolute Gasteiger partial charge is 0.409 e. The van der Waals surface area contributed by atoms with Gasteiger partial charge in [0, 0.05) is 19.3 Å². The molecule has 1 aliphatic rings. The Morgan fingerprint density at radius 1 is 1.68 bits per heavy atom. The molecule has 0 saturated carbocycles. The number of hydrogen-bond acceptors (Lipinski definition) is 5. The van der Waals surface area contributed by atoms with Gasteiger partial charge in [0.15, 0.2) is 5.84 Å². The van der Waals surface area contributed by atoms with E-state index in [0.29, 0.717) is 12.2 Å². The van der Waals surface area contributed by atoms with Gasteiger partial charge in [-0.1, -0.05) is 11.2 Å². The van der Waals surface area contributed by atoms with Gasteiger partial charge >= 0.3 is 0 Å². The van der Waals surface area contributed by atoms with E-state index in [2.05, 4.69) is 20.8 Å². The molecule has 7 nitrogen and oxygen atoms in total. The first-order valence-electron chi connectivity index (χ1n) is 6.15. The molecule has 0 radical (unpaired) electrons. The number of carbonyl (C=O) groups excluding carboxylic acids is 1. The van der Waals surface area contributed by atoms with E-state index in [0.717, 1.165) is 24.9 Å². The Morgan fingerprint density at radius 2 is 2.53 bits per heavy atom. The topological polar surface area (TPSA) is 113 Å². The Hall–Kier alpha value is -2.15. The van der Waals surface area contributed by atoms with Crippen molar-refractivity contribution in [1.82, 2.24) is 15.6 Å². The Bertz CT molecular complexity index is 489. The second kappa shape index (κ2) is 6.14. The standard InChI is InChI=1S/C12H17N5O2/c13-11(17-19)10-8(3-1-5-14-10)7-16-9-4-2-6-15-12(9)18/h1,3,5,9,16,19H,2,4,6-7H2,(H2,13,17)(H,15,18). The van der Waals surface area contributed by atoms with Crippen molar-refractivity contribution in [2.75, 3.05) is 6.54 Å². The Balaban J connectivity index is 2.05. The smallest absolute Gasteiger partial charge is 0.237 e. The van der Waals surface area contributed by atoms with Crippen LogP contribution in [0.15, 0.2) is 23.5 Å². The Labute approximate surface area is 110 Å². The number of rotatable bonds is 4. The lowest BCUT2D eigenvalue weighted by molar-refractivity contribution is -0.124. The van der Waals surface area contributed by atoms with Crippen LogP contribution in [0.2, 0.25) is 0 Å². The highest BCUT2D eigenvalue weighted by Gasteiger charge is 2.21. The number of hydrogen-bond donors (Lipinski definition) is 4. The van der Waals surface area contributed by atoms with Gasteiger partial charge in [-0.05, 0) is 24.5 Å². The van der Waals surface area contributed by atoms with Crippen molar-refractivity contribution in [1.29, 1.82) is 0 Å². The summed E-state index contributed by atoms with van der Waals surface area (Å²) in [6.07, 6.45) is 3.35. The summed E-state index contributed by atoms with van der Waals surface area (Å²) < 4.78 is 0. The van der Waals surface area contributed by atoms with Gasteiger partial charge in [-0.2, -0.15) is 0 Å². The maximum Gasteiger partial charge on any atom is 0.237 e. The summed E-state index contributed by atoms with van der Waals surface area (Å²) in [6, 6.07) is 3.40. The van der Waals surface area contributed by atoms with Crippen LogP contribution in [0.5, 0.6) is 0 Å². The van der Waals surface area contributed by atoms with Crippen LogP contribution in [-0.2, 0) is 11.3 Å². The fourth-order valence-corrected chi connectivity index (χ4v) is 2.06. The van der Waals surface area contributed by atoms with Crippen LogP contribution in [0.1, 0.15) is 24.1 Å². The van der Waals surface area contributed by atoms with Crippen LogP contribution < -0.4 is 16.4 Å². The normalized spacial score (nSPS) is 20.1. The molecule has 1 aromatic heterocycles. The van der Waals surface area contributed by atoms with E-state index >= 15 is 0 Å². The summed E-state index contributed by atoms with van der Waals surface area (Å²) in [4.78, 5) is 15.7. The molecular formula is C12H17N5O2. The SMILES string of the molecule is NC(=NO)c1ncccc1CNC1CCCNC1=O. The van der Waals surface area contributed by atoms with E-state index < -0.39 is 0 Å². The lowest BCUT2D eigenvalue weighted by atomic mass is 10.1. The van der Waals surface area contributed by atoms with Crippen LogP contribution in [0.4, 0.5) is 0 Å². The molecule has 1 saturated heterocycles. The number of amides is 1. The number of oxime groups is 1. The van der Waals surface area contributed by atoms with Gasteiger partial charge in [0.1, 0.15) is 5.69 Å². The van der Waals surface area contributed by atoms with Crippen molar-refractivity contribution < 1.29 is 10.0 Å². The number of nitrogens with zero attached hydrogens (tertiary/aromatic N) is 2. The number of amidine groups is 1. The molecule has 0 spiro atoms. The lowest BCUT2D eigenvalue weighted by Crippen LogP contribution is -2.48. The predicted molar refractivity (Wildman–Crippen MR) is 69.6 cm³/mol. The van der Waals surface area contributed by atoms with Gasteiger partial charge in [0.25, 0.3) is 0 Å². The minimum absolute atomic E-state index is 0.0143. The summed E-state index contributed by atoms with van der Waals surface area (Å²) in [6.45, 7) is 1.18. The molecule has 1 aromatic rings. The molecule has 2 heterocycles. The first-order chi connectivity index (χ1) is 9.22. The maximum atomic E-state index is 11.6. The molecule has 2 rings (SSSR count). The van der Waals surface area contributed by atoms with Crippen LogP contribution in [0, 0.1) is 0 Å². The number of nitrogens with one attached hydrogen (secondary N) is 2.